The molecule has 0 radical (unpaired) electrons. The highest BCUT2D eigenvalue weighted by Gasteiger charge is 2.30. The third-order valence-electron chi connectivity index (χ3n) is 3.05. The summed E-state index contributed by atoms with van der Waals surface area (Å²) in [6, 6.07) is 7.91. The van der Waals surface area contributed by atoms with Crippen LogP contribution >= 0.6 is 0 Å². The first-order valence-electron chi connectivity index (χ1n) is 5.41. The lowest BCUT2D eigenvalue weighted by Crippen LogP contribution is -2.50. The normalized spacial score (nSPS) is 21.8. The molecule has 0 spiro atoms. The highest BCUT2D eigenvalue weighted by Crippen LogP contribution is 2.20. The van der Waals surface area contributed by atoms with Gasteiger partial charge >= 0.3 is 6.17 Å². The number of nitrogens with two attached hydrogens (primary N) is 1. The van der Waals surface area contributed by atoms with Gasteiger partial charge in [0.05, 0.1) is 0 Å². The molecule has 1 aliphatic rings. The van der Waals surface area contributed by atoms with Crippen LogP contribution in [-0.2, 0) is 0 Å². The predicted molar refractivity (Wildman–Crippen MR) is 67.8 cm³/mol. The molecule has 0 aromatic heterocycles. The van der Waals surface area contributed by atoms with E-state index in [1.165, 1.54) is 5.69 Å². The SMILES string of the molecule is C#[N+]C1CN(c2ccc(N)cc2)CCN1C. The van der Waals surface area contributed by atoms with E-state index in [0.29, 0.717) is 0 Å². The smallest absolute Gasteiger partial charge is 0.345 e. The maximum absolute atomic E-state index is 5.67. The van der Waals surface area contributed by atoms with Crippen LogP contribution in [-0.4, -0.2) is 37.7 Å². The summed E-state index contributed by atoms with van der Waals surface area (Å²) in [5.74, 6) is 0. The van der Waals surface area contributed by atoms with Crippen LogP contribution in [0.15, 0.2) is 24.3 Å². The molecule has 1 heterocycles. The molecule has 1 aromatic carbocycles. The van der Waals surface area contributed by atoms with Crippen molar-refractivity contribution in [1.29, 1.82) is 0 Å². The maximum Gasteiger partial charge on any atom is 0.345 e. The molecular formula is C12H17N4+. The second-order valence-corrected chi connectivity index (χ2v) is 4.15. The summed E-state index contributed by atoms with van der Waals surface area (Å²) in [5.41, 5.74) is 7.63. The van der Waals surface area contributed by atoms with Crippen molar-refractivity contribution in [2.24, 2.45) is 0 Å². The monoisotopic (exact) mass is 217 g/mol. The van der Waals surface area contributed by atoms with E-state index in [0.717, 1.165) is 25.3 Å². The molecule has 1 aliphatic heterocycles. The second kappa shape index (κ2) is 4.42. The number of likely N-dealkylation sites (N-methyl/N-ethyl adjacent to an activating group) is 1. The number of piperazine rings is 1. The second-order valence-electron chi connectivity index (χ2n) is 4.15. The first-order valence-corrected chi connectivity index (χ1v) is 5.41. The molecule has 16 heavy (non-hydrogen) atoms. The van der Waals surface area contributed by atoms with E-state index < -0.39 is 0 Å². The summed E-state index contributed by atoms with van der Waals surface area (Å²) in [5, 5.41) is 0. The Balaban J connectivity index is 2.12. The molecule has 1 aromatic rings. The van der Waals surface area contributed by atoms with Crippen molar-refractivity contribution in [3.63, 3.8) is 0 Å². The lowest BCUT2D eigenvalue weighted by atomic mass is 10.2. The third kappa shape index (κ3) is 2.10. The Morgan fingerprint density at radius 2 is 2.00 bits per heavy atom. The number of hydrogen-bond donors (Lipinski definition) is 1. The van der Waals surface area contributed by atoms with Gasteiger partial charge in [-0.25, -0.2) is 4.90 Å². The Morgan fingerprint density at radius 3 is 2.62 bits per heavy atom. The van der Waals surface area contributed by atoms with Crippen LogP contribution in [0.2, 0.25) is 0 Å². The van der Waals surface area contributed by atoms with Crippen molar-refractivity contribution >= 4 is 11.4 Å². The molecule has 1 fully saturated rings. The van der Waals surface area contributed by atoms with E-state index in [2.05, 4.69) is 14.6 Å². The zero-order chi connectivity index (χ0) is 11.5. The number of nitrogens with zero attached hydrogens (tertiary/aromatic N) is 3. The van der Waals surface area contributed by atoms with Crippen molar-refractivity contribution < 1.29 is 0 Å². The number of hydrogen-bond acceptors (Lipinski definition) is 3. The molecule has 0 saturated carbocycles. The van der Waals surface area contributed by atoms with Crippen LogP contribution < -0.4 is 10.6 Å². The van der Waals surface area contributed by atoms with E-state index in [1.807, 2.05) is 31.3 Å². The zero-order valence-electron chi connectivity index (χ0n) is 9.50. The van der Waals surface area contributed by atoms with Crippen LogP contribution in [0.25, 0.3) is 4.85 Å². The van der Waals surface area contributed by atoms with Gasteiger partial charge < -0.3 is 10.6 Å². The highest BCUT2D eigenvalue weighted by atomic mass is 15.3. The van der Waals surface area contributed by atoms with Gasteiger partial charge in [0, 0.05) is 24.5 Å². The van der Waals surface area contributed by atoms with E-state index >= 15 is 0 Å². The van der Waals surface area contributed by atoms with Gasteiger partial charge in [-0.2, -0.15) is 0 Å². The van der Waals surface area contributed by atoms with Crippen LogP contribution in [0.1, 0.15) is 0 Å². The summed E-state index contributed by atoms with van der Waals surface area (Å²) in [4.78, 5) is 8.32. The quantitative estimate of drug-likeness (QED) is 0.721. The van der Waals surface area contributed by atoms with Crippen LogP contribution in [0, 0.1) is 6.57 Å². The highest BCUT2D eigenvalue weighted by molar-refractivity contribution is 5.53. The molecule has 1 saturated heterocycles. The minimum atomic E-state index is 0.0753. The Kier molecular flexibility index (Phi) is 2.97. The van der Waals surface area contributed by atoms with Crippen molar-refractivity contribution in [2.75, 3.05) is 37.3 Å². The van der Waals surface area contributed by atoms with Crippen LogP contribution in [0.4, 0.5) is 11.4 Å². The molecular weight excluding hydrogens is 200 g/mol. The number of rotatable bonds is 1. The standard InChI is InChI=1S/C12H17N4/c1-14-12-9-16(8-7-15(12)2)11-5-3-10(13)4-6-11/h1,3-6,12H,7-9,13H2,2H3/q+1. The van der Waals surface area contributed by atoms with E-state index in [-0.39, 0.29) is 6.17 Å². The van der Waals surface area contributed by atoms with Crippen LogP contribution in [0.3, 0.4) is 0 Å². The molecule has 1 atom stereocenters. The Bertz CT molecular complexity index is 392. The summed E-state index contributed by atoms with van der Waals surface area (Å²) in [6.45, 7) is 8.19. The average molecular weight is 217 g/mol. The Labute approximate surface area is 96.1 Å². The van der Waals surface area contributed by atoms with E-state index in [9.17, 15) is 0 Å². The average Bonchev–Trinajstić information content (AvgIpc) is 2.31. The van der Waals surface area contributed by atoms with Crippen molar-refractivity contribution in [1.82, 2.24) is 4.90 Å². The molecule has 2 rings (SSSR count). The van der Waals surface area contributed by atoms with E-state index in [4.69, 9.17) is 12.3 Å². The minimum Gasteiger partial charge on any atom is -0.399 e. The van der Waals surface area contributed by atoms with Gasteiger partial charge in [0.25, 0.3) is 6.57 Å². The molecule has 0 bridgehead atoms. The maximum atomic E-state index is 5.67. The summed E-state index contributed by atoms with van der Waals surface area (Å²) in [6.07, 6.45) is 0.0753. The fourth-order valence-electron chi connectivity index (χ4n) is 1.94. The van der Waals surface area contributed by atoms with Crippen molar-refractivity contribution in [3.05, 3.63) is 29.1 Å². The molecule has 4 nitrogen and oxygen atoms in total. The van der Waals surface area contributed by atoms with Gasteiger partial charge in [-0.3, -0.25) is 0 Å². The third-order valence-corrected chi connectivity index (χ3v) is 3.05. The van der Waals surface area contributed by atoms with Gasteiger partial charge in [-0.05, 0) is 31.3 Å². The summed E-state index contributed by atoms with van der Waals surface area (Å²) < 4.78 is 0. The van der Waals surface area contributed by atoms with Gasteiger partial charge in [0.15, 0.2) is 0 Å². The Hall–Kier alpha value is -1.73. The van der Waals surface area contributed by atoms with Gasteiger partial charge in [-0.1, -0.05) is 4.85 Å². The summed E-state index contributed by atoms with van der Waals surface area (Å²) in [7, 11) is 2.04. The first-order chi connectivity index (χ1) is 7.70. The number of anilines is 2. The molecule has 0 amide bonds. The minimum absolute atomic E-state index is 0.0753. The fraction of sp³-hybridized carbons (Fsp3) is 0.417. The Morgan fingerprint density at radius 1 is 1.31 bits per heavy atom. The summed E-state index contributed by atoms with van der Waals surface area (Å²) >= 11 is 0. The number of nitrogen functional groups attached to an aromatic ring is 1. The zero-order valence-corrected chi connectivity index (χ0v) is 9.50. The largest absolute Gasteiger partial charge is 0.399 e. The van der Waals surface area contributed by atoms with Gasteiger partial charge in [0.1, 0.15) is 6.54 Å². The topological polar surface area (TPSA) is 36.9 Å². The first kappa shape index (κ1) is 10.8. The van der Waals surface area contributed by atoms with Gasteiger partial charge in [0.2, 0.25) is 0 Å². The van der Waals surface area contributed by atoms with Crippen LogP contribution in [0.5, 0.6) is 0 Å². The number of benzene rings is 1. The molecule has 1 unspecified atom stereocenters. The van der Waals surface area contributed by atoms with Crippen molar-refractivity contribution in [2.45, 2.75) is 6.17 Å². The lowest BCUT2D eigenvalue weighted by molar-refractivity contribution is 0.255. The van der Waals surface area contributed by atoms with Crippen molar-refractivity contribution in [3.8, 4) is 6.57 Å². The molecule has 0 aliphatic carbocycles. The predicted octanol–water partition coefficient (Wildman–Crippen LogP) is 1.31. The van der Waals surface area contributed by atoms with E-state index in [1.54, 1.807) is 0 Å². The fourth-order valence-corrected chi connectivity index (χ4v) is 1.94. The van der Waals surface area contributed by atoms with Gasteiger partial charge in [-0.15, -0.1) is 0 Å². The molecule has 2 N–H and O–H groups in total. The molecule has 4 heteroatoms. The lowest BCUT2D eigenvalue weighted by Gasteiger charge is -2.33. The molecule has 84 valence electrons.